The predicted molar refractivity (Wildman–Crippen MR) is 90.3 cm³/mol. The minimum atomic E-state index is -0.104. The van der Waals surface area contributed by atoms with Crippen LogP contribution in [0.1, 0.15) is 48.9 Å². The molecule has 1 aliphatic heterocycles. The van der Waals surface area contributed by atoms with Gasteiger partial charge in [0.05, 0.1) is 6.10 Å². The number of hydrogen-bond acceptors (Lipinski definition) is 2. The van der Waals surface area contributed by atoms with Gasteiger partial charge in [0, 0.05) is 30.4 Å². The van der Waals surface area contributed by atoms with E-state index < -0.39 is 0 Å². The van der Waals surface area contributed by atoms with E-state index in [4.69, 9.17) is 0 Å². The smallest absolute Gasteiger partial charge is 0.253 e. The van der Waals surface area contributed by atoms with Gasteiger partial charge in [0.1, 0.15) is 0 Å². The molecule has 1 aromatic heterocycles. The summed E-state index contributed by atoms with van der Waals surface area (Å²) in [5.74, 6) is 0.146. The Morgan fingerprint density at radius 3 is 2.61 bits per heavy atom. The fraction of sp³-hybridized carbons (Fsp3) is 0.526. The highest BCUT2D eigenvalue weighted by Gasteiger charge is 2.38. The molecule has 122 valence electrons. The maximum Gasteiger partial charge on any atom is 0.253 e. The predicted octanol–water partition coefficient (Wildman–Crippen LogP) is 3.33. The quantitative estimate of drug-likeness (QED) is 0.848. The van der Waals surface area contributed by atoms with Gasteiger partial charge in [-0.15, -0.1) is 0 Å². The second kappa shape index (κ2) is 5.68. The van der Waals surface area contributed by atoms with Gasteiger partial charge >= 0.3 is 0 Å². The highest BCUT2D eigenvalue weighted by Crippen LogP contribution is 2.44. The SMILES string of the molecule is O=C(c1ccc2cc[nH]c2c1)N1CCC2(CCC(O)CC2)CC1. The lowest BCUT2D eigenvalue weighted by Gasteiger charge is -2.45. The summed E-state index contributed by atoms with van der Waals surface area (Å²) in [6.45, 7) is 1.69. The third-order valence-corrected chi connectivity index (χ3v) is 5.93. The maximum absolute atomic E-state index is 12.8. The van der Waals surface area contributed by atoms with Crippen LogP contribution in [0.15, 0.2) is 30.5 Å². The van der Waals surface area contributed by atoms with Crippen molar-refractivity contribution in [2.24, 2.45) is 5.41 Å². The summed E-state index contributed by atoms with van der Waals surface area (Å²) >= 11 is 0. The molecule has 4 rings (SSSR count). The average Bonchev–Trinajstić information content (AvgIpc) is 3.05. The van der Waals surface area contributed by atoms with E-state index in [1.165, 1.54) is 0 Å². The molecule has 1 spiro atoms. The van der Waals surface area contributed by atoms with Gasteiger partial charge in [0.2, 0.25) is 0 Å². The molecule has 0 bridgehead atoms. The Morgan fingerprint density at radius 1 is 1.13 bits per heavy atom. The van der Waals surface area contributed by atoms with E-state index in [-0.39, 0.29) is 12.0 Å². The van der Waals surface area contributed by atoms with E-state index in [1.807, 2.05) is 35.4 Å². The molecule has 2 heterocycles. The van der Waals surface area contributed by atoms with Gasteiger partial charge in [-0.3, -0.25) is 4.79 Å². The third-order valence-electron chi connectivity index (χ3n) is 5.93. The summed E-state index contributed by atoms with van der Waals surface area (Å²) < 4.78 is 0. The minimum absolute atomic E-state index is 0.104. The van der Waals surface area contributed by atoms with Crippen molar-refractivity contribution in [3.8, 4) is 0 Å². The lowest BCUT2D eigenvalue weighted by Crippen LogP contribution is -2.45. The summed E-state index contributed by atoms with van der Waals surface area (Å²) in [7, 11) is 0. The van der Waals surface area contributed by atoms with Crippen LogP contribution in [0.3, 0.4) is 0 Å². The number of aromatic nitrogens is 1. The van der Waals surface area contributed by atoms with Crippen LogP contribution >= 0.6 is 0 Å². The van der Waals surface area contributed by atoms with Gasteiger partial charge in [0.25, 0.3) is 5.91 Å². The number of carbonyl (C=O) groups is 1. The maximum atomic E-state index is 12.8. The summed E-state index contributed by atoms with van der Waals surface area (Å²) in [5.41, 5.74) is 2.17. The zero-order valence-electron chi connectivity index (χ0n) is 13.4. The molecule has 23 heavy (non-hydrogen) atoms. The number of H-pyrrole nitrogens is 1. The number of fused-ring (bicyclic) bond motifs is 1. The Kier molecular flexibility index (Phi) is 3.64. The van der Waals surface area contributed by atoms with Gasteiger partial charge in [-0.05, 0) is 67.5 Å². The van der Waals surface area contributed by atoms with Gasteiger partial charge in [0.15, 0.2) is 0 Å². The number of carbonyl (C=O) groups excluding carboxylic acids is 1. The lowest BCUT2D eigenvalue weighted by molar-refractivity contribution is 0.0168. The molecule has 0 atom stereocenters. The topological polar surface area (TPSA) is 56.3 Å². The first-order valence-corrected chi connectivity index (χ1v) is 8.70. The average molecular weight is 312 g/mol. The largest absolute Gasteiger partial charge is 0.393 e. The van der Waals surface area contributed by atoms with Crippen molar-refractivity contribution in [1.82, 2.24) is 9.88 Å². The summed E-state index contributed by atoms with van der Waals surface area (Å²) in [5, 5.41) is 10.9. The highest BCUT2D eigenvalue weighted by atomic mass is 16.3. The van der Waals surface area contributed by atoms with E-state index in [2.05, 4.69) is 4.98 Å². The fourth-order valence-electron chi connectivity index (χ4n) is 4.26. The molecule has 1 aliphatic carbocycles. The van der Waals surface area contributed by atoms with Crippen LogP contribution < -0.4 is 0 Å². The van der Waals surface area contributed by atoms with Crippen LogP contribution in [0, 0.1) is 5.41 Å². The molecule has 1 saturated carbocycles. The summed E-state index contributed by atoms with van der Waals surface area (Å²) in [4.78, 5) is 17.9. The molecule has 2 N–H and O–H groups in total. The summed E-state index contributed by atoms with van der Waals surface area (Å²) in [6, 6.07) is 7.91. The van der Waals surface area contributed by atoms with Crippen LogP contribution in [-0.2, 0) is 0 Å². The van der Waals surface area contributed by atoms with Crippen molar-refractivity contribution >= 4 is 16.8 Å². The molecular weight excluding hydrogens is 288 g/mol. The number of rotatable bonds is 1. The van der Waals surface area contributed by atoms with Crippen molar-refractivity contribution < 1.29 is 9.90 Å². The van der Waals surface area contributed by atoms with Crippen molar-refractivity contribution in [2.75, 3.05) is 13.1 Å². The van der Waals surface area contributed by atoms with E-state index in [0.29, 0.717) is 5.41 Å². The molecule has 1 aromatic carbocycles. The molecular formula is C19H24N2O2. The van der Waals surface area contributed by atoms with Crippen LogP contribution in [0.5, 0.6) is 0 Å². The van der Waals surface area contributed by atoms with Crippen molar-refractivity contribution in [1.29, 1.82) is 0 Å². The molecule has 2 aliphatic rings. The molecule has 1 saturated heterocycles. The van der Waals surface area contributed by atoms with E-state index >= 15 is 0 Å². The Bertz CT molecular complexity index is 703. The first kappa shape index (κ1) is 14.8. The van der Waals surface area contributed by atoms with Gasteiger partial charge in [-0.2, -0.15) is 0 Å². The molecule has 2 fully saturated rings. The normalized spacial score (nSPS) is 21.9. The number of likely N-dealkylation sites (tertiary alicyclic amines) is 1. The number of aliphatic hydroxyl groups is 1. The second-order valence-corrected chi connectivity index (χ2v) is 7.30. The van der Waals surface area contributed by atoms with Crippen LogP contribution in [0.2, 0.25) is 0 Å². The zero-order valence-corrected chi connectivity index (χ0v) is 13.4. The molecule has 4 heteroatoms. The lowest BCUT2D eigenvalue weighted by atomic mass is 9.67. The molecule has 2 aromatic rings. The number of nitrogens with zero attached hydrogens (tertiary/aromatic N) is 1. The monoisotopic (exact) mass is 312 g/mol. The first-order valence-electron chi connectivity index (χ1n) is 8.70. The fourth-order valence-corrected chi connectivity index (χ4v) is 4.26. The van der Waals surface area contributed by atoms with Gasteiger partial charge in [-0.1, -0.05) is 6.07 Å². The van der Waals surface area contributed by atoms with Crippen LogP contribution in [0.25, 0.3) is 10.9 Å². The number of hydrogen-bond donors (Lipinski definition) is 2. The molecule has 1 amide bonds. The Morgan fingerprint density at radius 2 is 1.87 bits per heavy atom. The number of aliphatic hydroxyl groups excluding tert-OH is 1. The number of aromatic amines is 1. The summed E-state index contributed by atoms with van der Waals surface area (Å²) in [6.07, 6.45) is 8.05. The first-order chi connectivity index (χ1) is 11.2. The third kappa shape index (κ3) is 2.76. The van der Waals surface area contributed by atoms with Crippen LogP contribution in [0.4, 0.5) is 0 Å². The number of benzene rings is 1. The minimum Gasteiger partial charge on any atom is -0.393 e. The number of piperidine rings is 1. The Labute approximate surface area is 136 Å². The van der Waals surface area contributed by atoms with Gasteiger partial charge < -0.3 is 15.0 Å². The van der Waals surface area contributed by atoms with E-state index in [0.717, 1.165) is 68.1 Å². The number of nitrogens with one attached hydrogen (secondary N) is 1. The van der Waals surface area contributed by atoms with Gasteiger partial charge in [-0.25, -0.2) is 0 Å². The molecule has 0 unspecified atom stereocenters. The standard InChI is InChI=1S/C19H24N2O2/c22-16-3-6-19(7-4-16)8-11-21(12-9-19)18(23)15-2-1-14-5-10-20-17(14)13-15/h1-2,5,10,13,16,20,22H,3-4,6-9,11-12H2. The molecule has 0 radical (unpaired) electrons. The van der Waals surface area contributed by atoms with Crippen LogP contribution in [-0.4, -0.2) is 40.1 Å². The Balaban J connectivity index is 1.44. The highest BCUT2D eigenvalue weighted by molar-refractivity contribution is 5.98. The second-order valence-electron chi connectivity index (χ2n) is 7.30. The Hall–Kier alpha value is -1.81. The molecule has 4 nitrogen and oxygen atoms in total. The van der Waals surface area contributed by atoms with E-state index in [1.54, 1.807) is 0 Å². The van der Waals surface area contributed by atoms with Crippen molar-refractivity contribution in [3.05, 3.63) is 36.0 Å². The van der Waals surface area contributed by atoms with Crippen molar-refractivity contribution in [3.63, 3.8) is 0 Å². The van der Waals surface area contributed by atoms with Crippen molar-refractivity contribution in [2.45, 2.75) is 44.6 Å². The van der Waals surface area contributed by atoms with E-state index in [9.17, 15) is 9.90 Å². The number of amides is 1. The zero-order chi connectivity index (χ0) is 15.9.